The highest BCUT2D eigenvalue weighted by molar-refractivity contribution is 5.85. The van der Waals surface area contributed by atoms with E-state index < -0.39 is 11.9 Å². The molecular weight excluding hydrogens is 242 g/mol. The van der Waals surface area contributed by atoms with Crippen LogP contribution in [-0.4, -0.2) is 34.5 Å². The molecule has 2 unspecified atom stereocenters. The topological polar surface area (TPSA) is 57.6 Å². The van der Waals surface area contributed by atoms with Crippen LogP contribution in [0.2, 0.25) is 0 Å². The minimum atomic E-state index is -0.778. The van der Waals surface area contributed by atoms with Gasteiger partial charge in [-0.2, -0.15) is 0 Å². The molecule has 106 valence electrons. The summed E-state index contributed by atoms with van der Waals surface area (Å²) in [5, 5.41) is 9.32. The first-order valence-corrected chi connectivity index (χ1v) is 7.70. The van der Waals surface area contributed by atoms with Crippen LogP contribution in [0, 0.1) is 17.8 Å². The molecule has 1 amide bonds. The maximum Gasteiger partial charge on any atom is 0.307 e. The quantitative estimate of drug-likeness (QED) is 0.829. The van der Waals surface area contributed by atoms with Crippen LogP contribution in [0.15, 0.2) is 0 Å². The molecule has 4 heteroatoms. The summed E-state index contributed by atoms with van der Waals surface area (Å²) in [6.07, 6.45) is 8.10. The van der Waals surface area contributed by atoms with Gasteiger partial charge in [-0.3, -0.25) is 9.59 Å². The molecule has 2 atom stereocenters. The molecule has 3 aliphatic rings. The van der Waals surface area contributed by atoms with Gasteiger partial charge in [-0.25, -0.2) is 0 Å². The Labute approximate surface area is 114 Å². The van der Waals surface area contributed by atoms with Crippen molar-refractivity contribution in [2.75, 3.05) is 6.54 Å². The van der Waals surface area contributed by atoms with Gasteiger partial charge >= 0.3 is 5.97 Å². The van der Waals surface area contributed by atoms with Gasteiger partial charge < -0.3 is 10.0 Å². The third-order valence-corrected chi connectivity index (χ3v) is 4.82. The molecule has 1 N–H and O–H groups in total. The van der Waals surface area contributed by atoms with Crippen molar-refractivity contribution >= 4 is 11.9 Å². The number of carboxylic acid groups (broad SMARTS) is 1. The van der Waals surface area contributed by atoms with Gasteiger partial charge in [0.2, 0.25) is 5.91 Å². The lowest BCUT2D eigenvalue weighted by Gasteiger charge is -2.33. The van der Waals surface area contributed by atoms with Crippen molar-refractivity contribution in [1.82, 2.24) is 4.90 Å². The lowest BCUT2D eigenvalue weighted by Crippen LogP contribution is -2.44. The second-order valence-corrected chi connectivity index (χ2v) is 6.50. The fourth-order valence-electron chi connectivity index (χ4n) is 3.32. The van der Waals surface area contributed by atoms with Crippen LogP contribution in [0.5, 0.6) is 0 Å². The third kappa shape index (κ3) is 2.93. The van der Waals surface area contributed by atoms with Gasteiger partial charge in [0.1, 0.15) is 0 Å². The fourth-order valence-corrected chi connectivity index (χ4v) is 3.32. The molecule has 0 aromatic rings. The molecule has 0 aromatic heterocycles. The van der Waals surface area contributed by atoms with Gasteiger partial charge in [-0.1, -0.05) is 12.8 Å². The van der Waals surface area contributed by atoms with Crippen molar-refractivity contribution in [1.29, 1.82) is 0 Å². The first kappa shape index (κ1) is 12.9. The van der Waals surface area contributed by atoms with E-state index in [1.807, 2.05) is 4.90 Å². The molecule has 3 rings (SSSR count). The molecule has 0 bridgehead atoms. The third-order valence-electron chi connectivity index (χ3n) is 4.82. The van der Waals surface area contributed by atoms with E-state index in [0.717, 1.165) is 38.6 Å². The Kier molecular flexibility index (Phi) is 3.50. The summed E-state index contributed by atoms with van der Waals surface area (Å²) in [5.74, 6) is -0.648. The molecule has 19 heavy (non-hydrogen) atoms. The van der Waals surface area contributed by atoms with Crippen LogP contribution >= 0.6 is 0 Å². The number of carboxylic acids is 1. The maximum atomic E-state index is 12.7. The van der Waals surface area contributed by atoms with Gasteiger partial charge in [-0.05, 0) is 44.4 Å². The minimum Gasteiger partial charge on any atom is -0.481 e. The van der Waals surface area contributed by atoms with Crippen LogP contribution in [0.25, 0.3) is 0 Å². The Bertz CT molecular complexity index is 374. The second-order valence-electron chi connectivity index (χ2n) is 6.50. The largest absolute Gasteiger partial charge is 0.481 e. The SMILES string of the molecule is O=C(O)C1CCCCC1C(=O)N(CC1CC1)C1CC1. The molecule has 3 aliphatic carbocycles. The van der Waals surface area contributed by atoms with Crippen LogP contribution < -0.4 is 0 Å². The molecule has 3 saturated carbocycles. The highest BCUT2D eigenvalue weighted by Gasteiger charge is 2.43. The van der Waals surface area contributed by atoms with Gasteiger partial charge in [0.15, 0.2) is 0 Å². The number of hydrogen-bond donors (Lipinski definition) is 1. The number of rotatable bonds is 5. The maximum absolute atomic E-state index is 12.7. The fraction of sp³-hybridized carbons (Fsp3) is 0.867. The summed E-state index contributed by atoms with van der Waals surface area (Å²) in [4.78, 5) is 26.1. The minimum absolute atomic E-state index is 0.140. The monoisotopic (exact) mass is 265 g/mol. The van der Waals surface area contributed by atoms with Crippen molar-refractivity contribution in [2.24, 2.45) is 17.8 Å². The average Bonchev–Trinajstić information content (AvgIpc) is 3.27. The van der Waals surface area contributed by atoms with Crippen LogP contribution in [-0.2, 0) is 9.59 Å². The zero-order chi connectivity index (χ0) is 13.4. The lowest BCUT2D eigenvalue weighted by atomic mass is 9.78. The normalized spacial score (nSPS) is 30.9. The number of nitrogens with zero attached hydrogens (tertiary/aromatic N) is 1. The standard InChI is InChI=1S/C15H23NO3/c17-14(12-3-1-2-4-13(12)15(18)19)16(11-7-8-11)9-10-5-6-10/h10-13H,1-9H2,(H,18,19). The van der Waals surface area contributed by atoms with Crippen LogP contribution in [0.1, 0.15) is 51.4 Å². The molecule has 0 spiro atoms. The van der Waals surface area contributed by atoms with E-state index in [0.29, 0.717) is 18.4 Å². The number of amides is 1. The Hall–Kier alpha value is -1.06. The summed E-state index contributed by atoms with van der Waals surface area (Å²) in [6.45, 7) is 0.881. The van der Waals surface area contributed by atoms with E-state index in [-0.39, 0.29) is 11.8 Å². The van der Waals surface area contributed by atoms with Gasteiger partial charge in [0.25, 0.3) is 0 Å². The van der Waals surface area contributed by atoms with Crippen LogP contribution in [0.4, 0.5) is 0 Å². The van der Waals surface area contributed by atoms with E-state index in [4.69, 9.17) is 0 Å². The van der Waals surface area contributed by atoms with E-state index in [9.17, 15) is 14.7 Å². The first-order valence-electron chi connectivity index (χ1n) is 7.70. The molecular formula is C15H23NO3. The van der Waals surface area contributed by atoms with Gasteiger partial charge in [0.05, 0.1) is 11.8 Å². The average molecular weight is 265 g/mol. The van der Waals surface area contributed by atoms with Crippen molar-refractivity contribution in [3.8, 4) is 0 Å². The molecule has 0 radical (unpaired) electrons. The Morgan fingerprint density at radius 3 is 2.11 bits per heavy atom. The summed E-state index contributed by atoms with van der Waals surface area (Å²) < 4.78 is 0. The summed E-state index contributed by atoms with van der Waals surface area (Å²) >= 11 is 0. The molecule has 0 saturated heterocycles. The van der Waals surface area contributed by atoms with E-state index in [1.165, 1.54) is 12.8 Å². The summed E-state index contributed by atoms with van der Waals surface area (Å²) in [6, 6.07) is 0.421. The van der Waals surface area contributed by atoms with Crippen molar-refractivity contribution in [3.05, 3.63) is 0 Å². The van der Waals surface area contributed by atoms with Crippen LogP contribution in [0.3, 0.4) is 0 Å². The predicted molar refractivity (Wildman–Crippen MR) is 70.5 cm³/mol. The number of carbonyl (C=O) groups excluding carboxylic acids is 1. The van der Waals surface area contributed by atoms with Gasteiger partial charge in [-0.15, -0.1) is 0 Å². The second kappa shape index (κ2) is 5.14. The predicted octanol–water partition coefficient (Wildman–Crippen LogP) is 2.28. The van der Waals surface area contributed by atoms with Crippen molar-refractivity contribution in [2.45, 2.75) is 57.4 Å². The number of aliphatic carboxylic acids is 1. The lowest BCUT2D eigenvalue weighted by molar-refractivity contribution is -0.152. The molecule has 0 heterocycles. The Morgan fingerprint density at radius 1 is 0.947 bits per heavy atom. The Morgan fingerprint density at radius 2 is 1.58 bits per heavy atom. The Balaban J connectivity index is 1.69. The van der Waals surface area contributed by atoms with E-state index in [1.54, 1.807) is 0 Å². The summed E-state index contributed by atoms with van der Waals surface area (Å²) in [7, 11) is 0. The zero-order valence-electron chi connectivity index (χ0n) is 11.4. The molecule has 0 aromatic carbocycles. The molecule has 4 nitrogen and oxygen atoms in total. The number of hydrogen-bond acceptors (Lipinski definition) is 2. The van der Waals surface area contributed by atoms with Crippen molar-refractivity contribution < 1.29 is 14.7 Å². The van der Waals surface area contributed by atoms with E-state index >= 15 is 0 Å². The molecule has 0 aliphatic heterocycles. The highest BCUT2D eigenvalue weighted by atomic mass is 16.4. The van der Waals surface area contributed by atoms with E-state index in [2.05, 4.69) is 0 Å². The highest BCUT2D eigenvalue weighted by Crippen LogP contribution is 2.38. The summed E-state index contributed by atoms with van der Waals surface area (Å²) in [5.41, 5.74) is 0. The first-order chi connectivity index (χ1) is 9.16. The molecule has 3 fully saturated rings. The number of carbonyl (C=O) groups is 2. The van der Waals surface area contributed by atoms with Crippen molar-refractivity contribution in [3.63, 3.8) is 0 Å². The van der Waals surface area contributed by atoms with Gasteiger partial charge in [0, 0.05) is 12.6 Å². The zero-order valence-corrected chi connectivity index (χ0v) is 11.4. The smallest absolute Gasteiger partial charge is 0.307 e.